The molecule has 0 aromatic heterocycles. The molecule has 0 rings (SSSR count). The number of ketones is 1. The van der Waals surface area contributed by atoms with Crippen LogP contribution < -0.4 is 0 Å². The molecule has 0 bridgehead atoms. The first-order valence-electron chi connectivity index (χ1n) is 9.61. The van der Waals surface area contributed by atoms with E-state index in [4.69, 9.17) is 5.11 Å². The van der Waals surface area contributed by atoms with Gasteiger partial charge in [0.15, 0.2) is 5.78 Å². The third-order valence-corrected chi connectivity index (χ3v) is 3.56. The summed E-state index contributed by atoms with van der Waals surface area (Å²) in [7, 11) is 0. The van der Waals surface area contributed by atoms with Gasteiger partial charge in [0.1, 0.15) is 0 Å². The molecule has 24 heavy (non-hydrogen) atoms. The second-order valence-corrected chi connectivity index (χ2v) is 6.16. The number of unbranched alkanes of at least 4 members (excludes halogenated alkanes) is 10. The lowest BCUT2D eigenvalue weighted by atomic mass is 10.1. The van der Waals surface area contributed by atoms with Crippen molar-refractivity contribution in [3.05, 3.63) is 24.3 Å². The highest BCUT2D eigenvalue weighted by Crippen LogP contribution is 2.05. The van der Waals surface area contributed by atoms with Crippen molar-refractivity contribution in [2.45, 2.75) is 97.8 Å². The van der Waals surface area contributed by atoms with E-state index in [0.29, 0.717) is 0 Å². The lowest BCUT2D eigenvalue weighted by Crippen LogP contribution is -1.85. The van der Waals surface area contributed by atoms with Gasteiger partial charge in [-0.15, -0.1) is 0 Å². The van der Waals surface area contributed by atoms with Crippen molar-refractivity contribution >= 4 is 11.8 Å². The van der Waals surface area contributed by atoms with Gasteiger partial charge in [-0.1, -0.05) is 77.4 Å². The zero-order chi connectivity index (χ0) is 18.5. The molecular weight excluding hydrogens is 300 g/mol. The molecule has 0 aromatic carbocycles. The van der Waals surface area contributed by atoms with Crippen molar-refractivity contribution in [3.63, 3.8) is 0 Å². The van der Waals surface area contributed by atoms with Crippen LogP contribution in [0.3, 0.4) is 0 Å². The van der Waals surface area contributed by atoms with Crippen molar-refractivity contribution in [2.75, 3.05) is 0 Å². The molecule has 140 valence electrons. The van der Waals surface area contributed by atoms with Crippen LogP contribution >= 0.6 is 0 Å². The standard InChI is InChI=1S/C11H20O.C10H18O2/c1-3-4-5-6-7-8-9-10-11(2)12;1-2-3-4-5-6-7-8-9-10(11)12/h9-10H,3-8H2,1-2H3;8-9H,2-7H2,1H3,(H,11,12)/b10-9+;9-8-. The Kier molecular flexibility index (Phi) is 22.4. The Bertz CT molecular complexity index is 309. The van der Waals surface area contributed by atoms with Gasteiger partial charge in [0.2, 0.25) is 0 Å². The number of hydrogen-bond donors (Lipinski definition) is 1. The van der Waals surface area contributed by atoms with E-state index in [1.165, 1.54) is 63.9 Å². The number of aliphatic carboxylic acids is 1. The van der Waals surface area contributed by atoms with Crippen molar-refractivity contribution in [1.29, 1.82) is 0 Å². The summed E-state index contributed by atoms with van der Waals surface area (Å²) in [5.41, 5.74) is 0. The Morgan fingerprint density at radius 2 is 1.12 bits per heavy atom. The molecule has 0 aliphatic heterocycles. The Labute approximate surface area is 149 Å². The van der Waals surface area contributed by atoms with E-state index in [9.17, 15) is 9.59 Å². The molecule has 0 aliphatic carbocycles. The summed E-state index contributed by atoms with van der Waals surface area (Å²) in [5, 5.41) is 8.27. The average molecular weight is 339 g/mol. The molecule has 0 saturated carbocycles. The first kappa shape index (κ1) is 24.9. The van der Waals surface area contributed by atoms with Crippen molar-refractivity contribution in [2.24, 2.45) is 0 Å². The summed E-state index contributed by atoms with van der Waals surface area (Å²) in [5.74, 6) is -0.688. The SMILES string of the molecule is CCCCCCC/C=C/C(C)=O.CCCCCCC/C=C\C(=O)O. The van der Waals surface area contributed by atoms with Gasteiger partial charge >= 0.3 is 5.97 Å². The van der Waals surface area contributed by atoms with E-state index in [-0.39, 0.29) is 5.78 Å². The van der Waals surface area contributed by atoms with Crippen molar-refractivity contribution in [3.8, 4) is 0 Å². The smallest absolute Gasteiger partial charge is 0.327 e. The highest BCUT2D eigenvalue weighted by atomic mass is 16.4. The minimum atomic E-state index is -0.844. The molecule has 0 amide bonds. The molecule has 0 spiro atoms. The average Bonchev–Trinajstić information content (AvgIpc) is 2.53. The van der Waals surface area contributed by atoms with Crippen LogP contribution in [0.1, 0.15) is 97.8 Å². The summed E-state index contributed by atoms with van der Waals surface area (Å²) in [6.07, 6.45) is 21.2. The van der Waals surface area contributed by atoms with Crippen molar-refractivity contribution in [1.82, 2.24) is 0 Å². The molecule has 0 radical (unpaired) electrons. The van der Waals surface area contributed by atoms with E-state index in [1.807, 2.05) is 6.08 Å². The predicted molar refractivity (Wildman–Crippen MR) is 103 cm³/mol. The molecular formula is C21H38O3. The molecule has 0 aromatic rings. The Morgan fingerprint density at radius 3 is 1.50 bits per heavy atom. The fourth-order valence-electron chi connectivity index (χ4n) is 2.16. The molecule has 0 heterocycles. The summed E-state index contributed by atoms with van der Waals surface area (Å²) in [6, 6.07) is 0. The predicted octanol–water partition coefficient (Wildman–Crippen LogP) is 6.48. The molecule has 1 N–H and O–H groups in total. The maximum atomic E-state index is 10.5. The maximum absolute atomic E-state index is 10.5. The minimum Gasteiger partial charge on any atom is -0.478 e. The first-order valence-corrected chi connectivity index (χ1v) is 9.61. The lowest BCUT2D eigenvalue weighted by molar-refractivity contribution is -0.131. The van der Waals surface area contributed by atoms with Gasteiger partial charge in [-0.3, -0.25) is 4.79 Å². The monoisotopic (exact) mass is 338 g/mol. The lowest BCUT2D eigenvalue weighted by Gasteiger charge is -1.95. The summed E-state index contributed by atoms with van der Waals surface area (Å²) in [4.78, 5) is 20.5. The number of allylic oxidation sites excluding steroid dienone is 3. The summed E-state index contributed by atoms with van der Waals surface area (Å²) >= 11 is 0. The zero-order valence-corrected chi connectivity index (χ0v) is 16.1. The summed E-state index contributed by atoms with van der Waals surface area (Å²) in [6.45, 7) is 5.99. The van der Waals surface area contributed by atoms with Gasteiger partial charge in [-0.25, -0.2) is 4.79 Å². The van der Waals surface area contributed by atoms with Gasteiger partial charge in [0, 0.05) is 6.08 Å². The normalized spacial score (nSPS) is 10.8. The number of hydrogen-bond acceptors (Lipinski definition) is 2. The Balaban J connectivity index is 0. The zero-order valence-electron chi connectivity index (χ0n) is 16.1. The molecule has 3 heteroatoms. The van der Waals surface area contributed by atoms with Gasteiger partial charge in [-0.05, 0) is 38.7 Å². The van der Waals surface area contributed by atoms with Gasteiger partial charge in [0.05, 0.1) is 0 Å². The third kappa shape index (κ3) is 28.7. The quantitative estimate of drug-likeness (QED) is 0.291. The number of carboxylic acids is 1. The molecule has 0 saturated heterocycles. The second-order valence-electron chi connectivity index (χ2n) is 6.16. The van der Waals surface area contributed by atoms with E-state index in [0.717, 1.165) is 19.3 Å². The van der Waals surface area contributed by atoms with Crippen LogP contribution in [0.5, 0.6) is 0 Å². The van der Waals surface area contributed by atoms with Crippen LogP contribution in [-0.2, 0) is 9.59 Å². The fourth-order valence-corrected chi connectivity index (χ4v) is 2.16. The first-order chi connectivity index (χ1) is 11.5. The fraction of sp³-hybridized carbons (Fsp3) is 0.714. The van der Waals surface area contributed by atoms with Crippen LogP contribution in [0.25, 0.3) is 0 Å². The number of carboxylic acid groups (broad SMARTS) is 1. The number of carbonyl (C=O) groups excluding carboxylic acids is 1. The highest BCUT2D eigenvalue weighted by molar-refractivity contribution is 5.87. The van der Waals surface area contributed by atoms with Crippen molar-refractivity contribution < 1.29 is 14.7 Å². The van der Waals surface area contributed by atoms with E-state index >= 15 is 0 Å². The van der Waals surface area contributed by atoms with Gasteiger partial charge in [0.25, 0.3) is 0 Å². The molecule has 3 nitrogen and oxygen atoms in total. The Hall–Kier alpha value is -1.38. The van der Waals surface area contributed by atoms with Crippen LogP contribution in [0.4, 0.5) is 0 Å². The van der Waals surface area contributed by atoms with Crippen LogP contribution in [-0.4, -0.2) is 16.9 Å². The Morgan fingerprint density at radius 1 is 0.708 bits per heavy atom. The highest BCUT2D eigenvalue weighted by Gasteiger charge is 1.88. The van der Waals surface area contributed by atoms with E-state index < -0.39 is 5.97 Å². The second kappa shape index (κ2) is 21.6. The van der Waals surface area contributed by atoms with E-state index in [2.05, 4.69) is 13.8 Å². The van der Waals surface area contributed by atoms with Crippen LogP contribution in [0, 0.1) is 0 Å². The third-order valence-electron chi connectivity index (χ3n) is 3.56. The van der Waals surface area contributed by atoms with Gasteiger partial charge < -0.3 is 5.11 Å². The number of rotatable bonds is 14. The molecule has 0 atom stereocenters. The largest absolute Gasteiger partial charge is 0.478 e. The minimum absolute atomic E-state index is 0.156. The maximum Gasteiger partial charge on any atom is 0.327 e. The summed E-state index contributed by atoms with van der Waals surface area (Å²) < 4.78 is 0. The topological polar surface area (TPSA) is 54.4 Å². The number of carbonyl (C=O) groups is 2. The van der Waals surface area contributed by atoms with E-state index in [1.54, 1.807) is 19.1 Å². The van der Waals surface area contributed by atoms with Crippen LogP contribution in [0.2, 0.25) is 0 Å². The molecule has 0 unspecified atom stereocenters. The van der Waals surface area contributed by atoms with Crippen LogP contribution in [0.15, 0.2) is 24.3 Å². The van der Waals surface area contributed by atoms with Gasteiger partial charge in [-0.2, -0.15) is 0 Å². The molecule has 0 aliphatic rings. The molecule has 0 fully saturated rings.